The molecular formula is C22H24BrNO5S. The normalized spacial score (nSPS) is 16.3. The minimum absolute atomic E-state index is 0.107. The molecule has 3 rings (SSSR count). The van der Waals surface area contributed by atoms with Gasteiger partial charge < -0.3 is 14.4 Å². The molecule has 0 spiro atoms. The topological polar surface area (TPSA) is 72.9 Å². The van der Waals surface area contributed by atoms with Crippen molar-refractivity contribution in [2.75, 3.05) is 32.1 Å². The molecule has 0 saturated carbocycles. The predicted molar refractivity (Wildman–Crippen MR) is 119 cm³/mol. The summed E-state index contributed by atoms with van der Waals surface area (Å²) in [7, 11) is 0. The van der Waals surface area contributed by atoms with E-state index in [1.807, 2.05) is 36.4 Å². The molecule has 1 saturated heterocycles. The molecule has 1 aliphatic rings. The number of fused-ring (bicyclic) bond motifs is 1. The monoisotopic (exact) mass is 493 g/mol. The number of rotatable bonds is 7. The molecule has 30 heavy (non-hydrogen) atoms. The Labute approximate surface area is 188 Å². The van der Waals surface area contributed by atoms with E-state index in [1.54, 1.807) is 11.8 Å². The molecule has 160 valence electrons. The summed E-state index contributed by atoms with van der Waals surface area (Å²) in [6, 6.07) is 12.0. The highest BCUT2D eigenvalue weighted by molar-refractivity contribution is 9.10. The number of amides is 1. The molecular weight excluding hydrogens is 470 g/mol. The van der Waals surface area contributed by atoms with Crippen LogP contribution in [0.5, 0.6) is 0 Å². The van der Waals surface area contributed by atoms with Gasteiger partial charge in [-0.15, -0.1) is 11.8 Å². The minimum atomic E-state index is -0.452. The first-order valence-corrected chi connectivity index (χ1v) is 11.7. The molecule has 0 aromatic heterocycles. The zero-order valence-corrected chi connectivity index (χ0v) is 19.2. The lowest BCUT2D eigenvalue weighted by atomic mass is 9.98. The van der Waals surface area contributed by atoms with E-state index >= 15 is 0 Å². The zero-order valence-electron chi connectivity index (χ0n) is 16.8. The Morgan fingerprint density at radius 2 is 1.97 bits per heavy atom. The van der Waals surface area contributed by atoms with Gasteiger partial charge in [-0.3, -0.25) is 14.4 Å². The highest BCUT2D eigenvalue weighted by atomic mass is 79.9. The Morgan fingerprint density at radius 1 is 1.17 bits per heavy atom. The molecule has 8 heteroatoms. The molecule has 0 N–H and O–H groups in total. The Bertz CT molecular complexity index is 935. The SMILES string of the molecule is CCOC(=O)C1CCCN(C(=O)COC(=O)CSc2ccc3ccccc3c2Br)C1. The summed E-state index contributed by atoms with van der Waals surface area (Å²) in [5, 5.41) is 2.19. The minimum Gasteiger partial charge on any atom is -0.466 e. The Morgan fingerprint density at radius 3 is 2.77 bits per heavy atom. The van der Waals surface area contributed by atoms with Crippen molar-refractivity contribution in [3.8, 4) is 0 Å². The number of esters is 2. The first-order chi connectivity index (χ1) is 14.5. The van der Waals surface area contributed by atoms with Crippen LogP contribution in [0.15, 0.2) is 45.8 Å². The maximum absolute atomic E-state index is 12.4. The van der Waals surface area contributed by atoms with Crippen LogP contribution >= 0.6 is 27.7 Å². The molecule has 1 fully saturated rings. The van der Waals surface area contributed by atoms with Crippen molar-refractivity contribution in [2.24, 2.45) is 5.92 Å². The van der Waals surface area contributed by atoms with E-state index in [1.165, 1.54) is 11.8 Å². The second-order valence-corrected chi connectivity index (χ2v) is 8.79. The molecule has 0 radical (unpaired) electrons. The molecule has 1 atom stereocenters. The average molecular weight is 494 g/mol. The van der Waals surface area contributed by atoms with Crippen molar-refractivity contribution in [3.63, 3.8) is 0 Å². The number of nitrogens with zero attached hydrogens (tertiary/aromatic N) is 1. The van der Waals surface area contributed by atoms with Crippen LogP contribution in [0.4, 0.5) is 0 Å². The summed E-state index contributed by atoms with van der Waals surface area (Å²) in [6.45, 7) is 2.65. The molecule has 2 aromatic rings. The van der Waals surface area contributed by atoms with Crippen molar-refractivity contribution in [1.29, 1.82) is 0 Å². The predicted octanol–water partition coefficient (Wildman–Crippen LogP) is 4.04. The third-order valence-corrected chi connectivity index (χ3v) is 7.07. The number of ether oxygens (including phenoxy) is 2. The molecule has 1 aliphatic heterocycles. The first-order valence-electron chi connectivity index (χ1n) is 9.89. The van der Waals surface area contributed by atoms with Gasteiger partial charge in [0.25, 0.3) is 5.91 Å². The van der Waals surface area contributed by atoms with E-state index in [0.29, 0.717) is 26.1 Å². The summed E-state index contributed by atoms with van der Waals surface area (Å²) in [5.41, 5.74) is 0. The number of likely N-dealkylation sites (tertiary alicyclic amines) is 1. The number of piperidine rings is 1. The largest absolute Gasteiger partial charge is 0.466 e. The number of carbonyl (C=O) groups excluding carboxylic acids is 3. The number of halogens is 1. The second-order valence-electron chi connectivity index (χ2n) is 6.98. The molecule has 0 bridgehead atoms. The lowest BCUT2D eigenvalue weighted by molar-refractivity contribution is -0.155. The van der Waals surface area contributed by atoms with Crippen molar-refractivity contribution < 1.29 is 23.9 Å². The van der Waals surface area contributed by atoms with Crippen molar-refractivity contribution in [1.82, 2.24) is 4.90 Å². The van der Waals surface area contributed by atoms with Gasteiger partial charge in [-0.05, 0) is 52.5 Å². The van der Waals surface area contributed by atoms with Crippen LogP contribution in [0.25, 0.3) is 10.8 Å². The average Bonchev–Trinajstić information content (AvgIpc) is 2.77. The van der Waals surface area contributed by atoms with Gasteiger partial charge in [-0.2, -0.15) is 0 Å². The first kappa shape index (κ1) is 22.6. The molecule has 1 unspecified atom stereocenters. The quantitative estimate of drug-likeness (QED) is 0.428. The number of carbonyl (C=O) groups is 3. The fourth-order valence-corrected chi connectivity index (χ4v) is 4.99. The van der Waals surface area contributed by atoms with Crippen LogP contribution in [-0.2, 0) is 23.9 Å². The highest BCUT2D eigenvalue weighted by Crippen LogP contribution is 2.34. The van der Waals surface area contributed by atoms with E-state index in [-0.39, 0.29) is 30.2 Å². The van der Waals surface area contributed by atoms with Gasteiger partial charge in [0.15, 0.2) is 6.61 Å². The van der Waals surface area contributed by atoms with Gasteiger partial charge in [0, 0.05) is 22.5 Å². The van der Waals surface area contributed by atoms with E-state index in [2.05, 4.69) is 15.9 Å². The van der Waals surface area contributed by atoms with Crippen molar-refractivity contribution >= 4 is 56.3 Å². The summed E-state index contributed by atoms with van der Waals surface area (Å²) in [4.78, 5) is 38.9. The standard InChI is InChI=1S/C22H24BrNO5S/c1-2-28-22(27)16-7-5-11-24(12-16)19(25)13-29-20(26)14-30-18-10-9-15-6-3-4-8-17(15)21(18)23/h3-4,6,8-10,16H,2,5,7,11-14H2,1H3. The van der Waals surface area contributed by atoms with Crippen LogP contribution in [-0.4, -0.2) is 54.8 Å². The summed E-state index contributed by atoms with van der Waals surface area (Å²) < 4.78 is 11.2. The van der Waals surface area contributed by atoms with Crippen LogP contribution in [0.2, 0.25) is 0 Å². The fraction of sp³-hybridized carbons (Fsp3) is 0.409. The molecule has 1 heterocycles. The number of hydrogen-bond acceptors (Lipinski definition) is 6. The highest BCUT2D eigenvalue weighted by Gasteiger charge is 2.29. The van der Waals surface area contributed by atoms with Crippen LogP contribution in [0.1, 0.15) is 19.8 Å². The Kier molecular flexibility index (Phi) is 8.16. The van der Waals surface area contributed by atoms with Crippen LogP contribution in [0.3, 0.4) is 0 Å². The van der Waals surface area contributed by atoms with E-state index < -0.39 is 5.97 Å². The van der Waals surface area contributed by atoms with Gasteiger partial charge >= 0.3 is 11.9 Å². The molecule has 1 amide bonds. The van der Waals surface area contributed by atoms with Crippen LogP contribution in [0, 0.1) is 5.92 Å². The van der Waals surface area contributed by atoms with E-state index in [4.69, 9.17) is 9.47 Å². The summed E-state index contributed by atoms with van der Waals surface area (Å²) >= 11 is 4.96. The van der Waals surface area contributed by atoms with Crippen molar-refractivity contribution in [2.45, 2.75) is 24.7 Å². The Balaban J connectivity index is 1.47. The van der Waals surface area contributed by atoms with Gasteiger partial charge in [0.2, 0.25) is 0 Å². The van der Waals surface area contributed by atoms with Gasteiger partial charge in [0.1, 0.15) is 0 Å². The summed E-state index contributed by atoms with van der Waals surface area (Å²) in [5.74, 6) is -1.21. The Hall–Kier alpha value is -2.06. The molecule has 2 aromatic carbocycles. The van der Waals surface area contributed by atoms with Gasteiger partial charge in [-0.25, -0.2) is 0 Å². The molecule has 0 aliphatic carbocycles. The fourth-order valence-electron chi connectivity index (χ4n) is 3.39. The van der Waals surface area contributed by atoms with Crippen molar-refractivity contribution in [3.05, 3.63) is 40.9 Å². The maximum Gasteiger partial charge on any atom is 0.316 e. The molecule has 6 nitrogen and oxygen atoms in total. The third kappa shape index (κ3) is 5.76. The lowest BCUT2D eigenvalue weighted by Crippen LogP contribution is -2.44. The smallest absolute Gasteiger partial charge is 0.316 e. The van der Waals surface area contributed by atoms with Gasteiger partial charge in [0.05, 0.1) is 18.3 Å². The number of benzene rings is 2. The number of thioether (sulfide) groups is 1. The van der Waals surface area contributed by atoms with Gasteiger partial charge in [-0.1, -0.05) is 30.3 Å². The zero-order chi connectivity index (χ0) is 21.5. The third-order valence-electron chi connectivity index (χ3n) is 4.92. The lowest BCUT2D eigenvalue weighted by Gasteiger charge is -2.31. The van der Waals surface area contributed by atoms with E-state index in [9.17, 15) is 14.4 Å². The van der Waals surface area contributed by atoms with E-state index in [0.717, 1.165) is 26.6 Å². The van der Waals surface area contributed by atoms with Crippen LogP contribution < -0.4 is 0 Å². The number of hydrogen-bond donors (Lipinski definition) is 0. The summed E-state index contributed by atoms with van der Waals surface area (Å²) in [6.07, 6.45) is 1.44. The maximum atomic E-state index is 12.4. The second kappa shape index (κ2) is 10.8.